The van der Waals surface area contributed by atoms with Crippen LogP contribution in [0.4, 0.5) is 6.01 Å². The zero-order valence-electron chi connectivity index (χ0n) is 20.9. The third kappa shape index (κ3) is 5.53. The van der Waals surface area contributed by atoms with Gasteiger partial charge in [0.15, 0.2) is 11.5 Å². The van der Waals surface area contributed by atoms with Gasteiger partial charge in [-0.1, -0.05) is 17.2 Å². The molecular weight excluding hydrogens is 520 g/mol. The van der Waals surface area contributed by atoms with Gasteiger partial charge in [0.2, 0.25) is 27.6 Å². The van der Waals surface area contributed by atoms with Gasteiger partial charge in [-0.05, 0) is 43.4 Å². The maximum absolute atomic E-state index is 13.2. The summed E-state index contributed by atoms with van der Waals surface area (Å²) in [5.74, 6) is 0.723. The monoisotopic (exact) mass is 548 g/mol. The molecule has 0 radical (unpaired) electrons. The maximum atomic E-state index is 13.2. The van der Waals surface area contributed by atoms with Crippen molar-refractivity contribution in [3.63, 3.8) is 0 Å². The van der Waals surface area contributed by atoms with Gasteiger partial charge in [0.25, 0.3) is 0 Å². The molecule has 1 N–H and O–H groups in total. The number of rotatable bonds is 9. The lowest BCUT2D eigenvalue weighted by Gasteiger charge is -2.30. The Morgan fingerprint density at radius 3 is 2.30 bits per heavy atom. The number of thioether (sulfide) groups is 1. The molecule has 37 heavy (non-hydrogen) atoms. The Morgan fingerprint density at radius 2 is 1.70 bits per heavy atom. The summed E-state index contributed by atoms with van der Waals surface area (Å²) in [7, 11) is 0.854. The Labute approximate surface area is 219 Å². The predicted octanol–water partition coefficient (Wildman–Crippen LogP) is 3.52. The fourth-order valence-electron chi connectivity index (χ4n) is 4.13. The van der Waals surface area contributed by atoms with Gasteiger partial charge >= 0.3 is 6.01 Å². The zero-order chi connectivity index (χ0) is 26.6. The van der Waals surface area contributed by atoms with E-state index in [0.29, 0.717) is 40.5 Å². The fraction of sp³-hybridized carbons (Fsp3) is 0.375. The SMILES string of the molecule is COc1cc(-c2nnc(NC(=O)C3CCN(S(=O)(=O)c4ccccc4SC)CC3)o2)cc(OC)c1OC. The normalized spacial score (nSPS) is 14.8. The van der Waals surface area contributed by atoms with E-state index in [4.69, 9.17) is 18.6 Å². The second-order valence-electron chi connectivity index (χ2n) is 8.14. The number of anilines is 1. The molecule has 198 valence electrons. The van der Waals surface area contributed by atoms with Crippen LogP contribution in [-0.2, 0) is 14.8 Å². The average molecular weight is 549 g/mol. The van der Waals surface area contributed by atoms with Crippen molar-refractivity contribution in [1.82, 2.24) is 14.5 Å². The molecule has 11 nitrogen and oxygen atoms in total. The Bertz CT molecular complexity index is 1340. The van der Waals surface area contributed by atoms with Crippen LogP contribution < -0.4 is 19.5 Å². The van der Waals surface area contributed by atoms with Crippen LogP contribution in [0, 0.1) is 5.92 Å². The standard InChI is InChI=1S/C24H28N4O7S2/c1-32-17-13-16(14-18(33-2)21(17)34-3)23-26-27-24(35-23)25-22(29)15-9-11-28(12-10-15)37(30,31)20-8-6-5-7-19(20)36-4/h5-8,13-15H,9-12H2,1-4H3,(H,25,27,29). The van der Waals surface area contributed by atoms with Crippen LogP contribution in [0.2, 0.25) is 0 Å². The minimum atomic E-state index is -3.65. The fourth-order valence-corrected chi connectivity index (χ4v) is 6.72. The molecule has 0 atom stereocenters. The van der Waals surface area contributed by atoms with Gasteiger partial charge in [-0.25, -0.2) is 8.42 Å². The molecule has 0 spiro atoms. The summed E-state index contributed by atoms with van der Waals surface area (Å²) in [4.78, 5) is 13.8. The summed E-state index contributed by atoms with van der Waals surface area (Å²) in [6, 6.07) is 10.2. The molecule has 1 aromatic heterocycles. The highest BCUT2D eigenvalue weighted by molar-refractivity contribution is 7.99. The highest BCUT2D eigenvalue weighted by Gasteiger charge is 2.33. The van der Waals surface area contributed by atoms with E-state index in [2.05, 4.69) is 15.5 Å². The third-order valence-electron chi connectivity index (χ3n) is 6.08. The third-order valence-corrected chi connectivity index (χ3v) is 8.96. The lowest BCUT2D eigenvalue weighted by molar-refractivity contribution is -0.121. The second kappa shape index (κ2) is 11.4. The minimum absolute atomic E-state index is 0.0577. The minimum Gasteiger partial charge on any atom is -0.493 e. The number of aromatic nitrogens is 2. The number of hydrogen-bond donors (Lipinski definition) is 1. The van der Waals surface area contributed by atoms with E-state index in [1.165, 1.54) is 37.4 Å². The van der Waals surface area contributed by atoms with Crippen LogP contribution in [0.3, 0.4) is 0 Å². The number of benzene rings is 2. The molecule has 2 aromatic carbocycles. The Balaban J connectivity index is 1.41. The quantitative estimate of drug-likeness (QED) is 0.396. The summed E-state index contributed by atoms with van der Waals surface area (Å²) in [5.41, 5.74) is 0.520. The molecular formula is C24H28N4O7S2. The Morgan fingerprint density at radius 1 is 1.05 bits per heavy atom. The van der Waals surface area contributed by atoms with Crippen LogP contribution in [0.1, 0.15) is 12.8 Å². The van der Waals surface area contributed by atoms with Gasteiger partial charge in [0.05, 0.1) is 26.2 Å². The molecule has 0 unspecified atom stereocenters. The largest absolute Gasteiger partial charge is 0.493 e. The molecule has 4 rings (SSSR count). The zero-order valence-corrected chi connectivity index (χ0v) is 22.5. The highest BCUT2D eigenvalue weighted by atomic mass is 32.2. The van der Waals surface area contributed by atoms with Gasteiger partial charge in [0, 0.05) is 29.5 Å². The van der Waals surface area contributed by atoms with E-state index in [1.54, 1.807) is 30.3 Å². The Kier molecular flexibility index (Phi) is 8.25. The number of carbonyl (C=O) groups excluding carboxylic acids is 1. The lowest BCUT2D eigenvalue weighted by Crippen LogP contribution is -2.41. The number of methoxy groups -OCH3 is 3. The first-order chi connectivity index (χ1) is 17.8. The van der Waals surface area contributed by atoms with Crippen LogP contribution in [0.5, 0.6) is 17.2 Å². The van der Waals surface area contributed by atoms with E-state index in [0.717, 1.165) is 0 Å². The number of hydrogen-bond acceptors (Lipinski definition) is 10. The molecule has 0 bridgehead atoms. The van der Waals surface area contributed by atoms with Crippen molar-refractivity contribution in [3.05, 3.63) is 36.4 Å². The maximum Gasteiger partial charge on any atom is 0.322 e. The van der Waals surface area contributed by atoms with Gasteiger partial charge < -0.3 is 18.6 Å². The van der Waals surface area contributed by atoms with Crippen molar-refractivity contribution in [2.75, 3.05) is 46.0 Å². The molecule has 2 heterocycles. The van der Waals surface area contributed by atoms with Crippen LogP contribution in [0.25, 0.3) is 11.5 Å². The molecule has 1 fully saturated rings. The van der Waals surface area contributed by atoms with Gasteiger partial charge in [-0.15, -0.1) is 16.9 Å². The topological polar surface area (TPSA) is 133 Å². The first-order valence-electron chi connectivity index (χ1n) is 11.4. The molecule has 0 aliphatic carbocycles. The van der Waals surface area contributed by atoms with Crippen molar-refractivity contribution in [1.29, 1.82) is 0 Å². The molecule has 1 saturated heterocycles. The van der Waals surface area contributed by atoms with Crippen molar-refractivity contribution in [3.8, 4) is 28.7 Å². The number of nitrogens with one attached hydrogen (secondary N) is 1. The van der Waals surface area contributed by atoms with E-state index in [9.17, 15) is 13.2 Å². The number of nitrogens with zero attached hydrogens (tertiary/aromatic N) is 3. The van der Waals surface area contributed by atoms with E-state index in [1.807, 2.05) is 12.3 Å². The van der Waals surface area contributed by atoms with E-state index >= 15 is 0 Å². The number of ether oxygens (including phenoxy) is 3. The first kappa shape index (κ1) is 26.8. The molecule has 13 heteroatoms. The summed E-state index contributed by atoms with van der Waals surface area (Å²) in [5, 5.41) is 10.6. The molecule has 1 aliphatic heterocycles. The summed E-state index contributed by atoms with van der Waals surface area (Å²) < 4.78 is 49.4. The number of amides is 1. The average Bonchev–Trinajstić information content (AvgIpc) is 3.40. The smallest absolute Gasteiger partial charge is 0.322 e. The number of sulfonamides is 1. The summed E-state index contributed by atoms with van der Waals surface area (Å²) in [6.45, 7) is 0.479. The number of carbonyl (C=O) groups is 1. The van der Waals surface area contributed by atoms with Crippen LogP contribution >= 0.6 is 11.8 Å². The molecule has 0 saturated carbocycles. The van der Waals surface area contributed by atoms with Crippen molar-refractivity contribution in [2.24, 2.45) is 5.92 Å². The van der Waals surface area contributed by atoms with E-state index < -0.39 is 15.9 Å². The predicted molar refractivity (Wildman–Crippen MR) is 138 cm³/mol. The number of piperidine rings is 1. The van der Waals surface area contributed by atoms with Gasteiger partial charge in [0.1, 0.15) is 0 Å². The summed E-state index contributed by atoms with van der Waals surface area (Å²) in [6.07, 6.45) is 2.59. The van der Waals surface area contributed by atoms with Gasteiger partial charge in [-0.3, -0.25) is 10.1 Å². The van der Waals surface area contributed by atoms with Gasteiger partial charge in [-0.2, -0.15) is 4.31 Å². The van der Waals surface area contributed by atoms with Crippen LogP contribution in [0.15, 0.2) is 50.6 Å². The molecule has 3 aromatic rings. The first-order valence-corrected chi connectivity index (χ1v) is 14.1. The van der Waals surface area contributed by atoms with Crippen molar-refractivity contribution in [2.45, 2.75) is 22.6 Å². The molecule has 1 aliphatic rings. The Hall–Kier alpha value is -3.29. The van der Waals surface area contributed by atoms with E-state index in [-0.39, 0.29) is 35.8 Å². The second-order valence-corrected chi connectivity index (χ2v) is 10.9. The van der Waals surface area contributed by atoms with Crippen LogP contribution in [-0.4, -0.2) is 69.5 Å². The van der Waals surface area contributed by atoms with Crippen molar-refractivity contribution >= 4 is 33.7 Å². The lowest BCUT2D eigenvalue weighted by atomic mass is 9.97. The highest BCUT2D eigenvalue weighted by Crippen LogP contribution is 2.41. The summed E-state index contributed by atoms with van der Waals surface area (Å²) >= 11 is 1.39. The van der Waals surface area contributed by atoms with Crippen molar-refractivity contribution < 1.29 is 31.8 Å². The molecule has 1 amide bonds.